The van der Waals surface area contributed by atoms with Crippen molar-refractivity contribution in [1.82, 2.24) is 25.5 Å². The van der Waals surface area contributed by atoms with Gasteiger partial charge in [0.25, 0.3) is 0 Å². The van der Waals surface area contributed by atoms with Crippen LogP contribution in [0.4, 0.5) is 17.6 Å². The van der Waals surface area contributed by atoms with Crippen LogP contribution in [0, 0.1) is 13.8 Å². The molecule has 10 heteroatoms. The first kappa shape index (κ1) is 20.7. The SMILES string of the molecule is CNC(c1ccc(OC(F)(F)C(F)F)cc1)c1nnnn1-c1c(C)cccc1C. The fourth-order valence-electron chi connectivity index (χ4n) is 3.05. The van der Waals surface area contributed by atoms with E-state index >= 15 is 0 Å². The second-order valence-electron chi connectivity index (χ2n) is 6.44. The Bertz CT molecular complexity index is 955. The molecule has 1 N–H and O–H groups in total. The fraction of sp³-hybridized carbons (Fsp3) is 0.316. The molecule has 1 heterocycles. The minimum atomic E-state index is -4.56. The highest BCUT2D eigenvalue weighted by molar-refractivity contribution is 5.47. The number of benzene rings is 2. The van der Waals surface area contributed by atoms with Crippen LogP contribution in [0.25, 0.3) is 5.69 Å². The van der Waals surface area contributed by atoms with Crippen molar-refractivity contribution in [1.29, 1.82) is 0 Å². The smallest absolute Gasteiger partial charge is 0.428 e. The van der Waals surface area contributed by atoms with E-state index < -0.39 is 18.6 Å². The predicted molar refractivity (Wildman–Crippen MR) is 97.6 cm³/mol. The normalized spacial score (nSPS) is 13.0. The van der Waals surface area contributed by atoms with Gasteiger partial charge in [-0.05, 0) is 60.1 Å². The van der Waals surface area contributed by atoms with Crippen molar-refractivity contribution in [3.05, 3.63) is 65.0 Å². The summed E-state index contributed by atoms with van der Waals surface area (Å²) in [5, 5.41) is 15.1. The Hall–Kier alpha value is -3.01. The van der Waals surface area contributed by atoms with Crippen LogP contribution in [0.1, 0.15) is 28.6 Å². The van der Waals surface area contributed by atoms with Crippen LogP contribution in [0.5, 0.6) is 5.75 Å². The summed E-state index contributed by atoms with van der Waals surface area (Å²) in [6, 6.07) is 10.7. The third kappa shape index (κ3) is 4.21. The monoisotopic (exact) mass is 409 g/mol. The molecular weight excluding hydrogens is 390 g/mol. The fourth-order valence-corrected chi connectivity index (χ4v) is 3.05. The summed E-state index contributed by atoms with van der Waals surface area (Å²) >= 11 is 0. The van der Waals surface area contributed by atoms with Gasteiger partial charge in [-0.15, -0.1) is 5.10 Å². The van der Waals surface area contributed by atoms with E-state index in [1.165, 1.54) is 24.3 Å². The second-order valence-corrected chi connectivity index (χ2v) is 6.44. The maximum atomic E-state index is 13.1. The molecule has 0 spiro atoms. The maximum Gasteiger partial charge on any atom is 0.461 e. The minimum absolute atomic E-state index is 0.372. The van der Waals surface area contributed by atoms with E-state index in [4.69, 9.17) is 0 Å². The third-order valence-corrected chi connectivity index (χ3v) is 4.41. The van der Waals surface area contributed by atoms with Gasteiger partial charge in [0.05, 0.1) is 11.7 Å². The molecule has 0 amide bonds. The molecule has 29 heavy (non-hydrogen) atoms. The summed E-state index contributed by atoms with van der Waals surface area (Å²) in [7, 11) is 1.70. The third-order valence-electron chi connectivity index (χ3n) is 4.41. The summed E-state index contributed by atoms with van der Waals surface area (Å²) in [6.07, 6.45) is -8.48. The summed E-state index contributed by atoms with van der Waals surface area (Å²) in [5.74, 6) is 0.111. The van der Waals surface area contributed by atoms with E-state index in [2.05, 4.69) is 25.6 Å². The zero-order chi connectivity index (χ0) is 21.2. The average Bonchev–Trinajstić information content (AvgIpc) is 3.12. The predicted octanol–water partition coefficient (Wildman–Crippen LogP) is 3.82. The topological polar surface area (TPSA) is 64.9 Å². The van der Waals surface area contributed by atoms with E-state index in [-0.39, 0.29) is 5.75 Å². The minimum Gasteiger partial charge on any atom is -0.428 e. The van der Waals surface area contributed by atoms with Crippen molar-refractivity contribution in [2.75, 3.05) is 7.05 Å². The zero-order valence-corrected chi connectivity index (χ0v) is 15.9. The highest BCUT2D eigenvalue weighted by Crippen LogP contribution is 2.30. The van der Waals surface area contributed by atoms with Crippen LogP contribution in [0.3, 0.4) is 0 Å². The number of para-hydroxylation sites is 1. The van der Waals surface area contributed by atoms with Gasteiger partial charge in [-0.2, -0.15) is 22.2 Å². The van der Waals surface area contributed by atoms with Gasteiger partial charge >= 0.3 is 12.5 Å². The molecule has 0 saturated carbocycles. The molecule has 0 fully saturated rings. The van der Waals surface area contributed by atoms with Crippen LogP contribution in [-0.2, 0) is 0 Å². The number of hydrogen-bond donors (Lipinski definition) is 1. The van der Waals surface area contributed by atoms with E-state index in [1.807, 2.05) is 32.0 Å². The highest BCUT2D eigenvalue weighted by Gasteiger charge is 2.44. The molecule has 1 unspecified atom stereocenters. The lowest BCUT2D eigenvalue weighted by Gasteiger charge is -2.19. The van der Waals surface area contributed by atoms with Gasteiger partial charge in [0.15, 0.2) is 5.82 Å². The molecule has 154 valence electrons. The van der Waals surface area contributed by atoms with Crippen molar-refractivity contribution < 1.29 is 22.3 Å². The summed E-state index contributed by atoms with van der Waals surface area (Å²) < 4.78 is 56.5. The number of nitrogens with zero attached hydrogens (tertiary/aromatic N) is 4. The molecule has 0 radical (unpaired) electrons. The molecule has 0 aliphatic heterocycles. The van der Waals surface area contributed by atoms with Crippen LogP contribution >= 0.6 is 0 Å². The van der Waals surface area contributed by atoms with Crippen molar-refractivity contribution in [2.24, 2.45) is 0 Å². The Morgan fingerprint density at radius 3 is 2.21 bits per heavy atom. The molecule has 6 nitrogen and oxygen atoms in total. The van der Waals surface area contributed by atoms with E-state index in [9.17, 15) is 17.6 Å². The highest BCUT2D eigenvalue weighted by atomic mass is 19.3. The summed E-state index contributed by atoms with van der Waals surface area (Å²) in [5.41, 5.74) is 3.43. The van der Waals surface area contributed by atoms with Gasteiger partial charge in [0.2, 0.25) is 0 Å². The quantitative estimate of drug-likeness (QED) is 0.601. The lowest BCUT2D eigenvalue weighted by atomic mass is 10.0. The van der Waals surface area contributed by atoms with E-state index in [0.717, 1.165) is 16.8 Å². The van der Waals surface area contributed by atoms with Crippen LogP contribution < -0.4 is 10.1 Å². The van der Waals surface area contributed by atoms with Gasteiger partial charge in [-0.25, -0.2) is 0 Å². The number of nitrogens with one attached hydrogen (secondary N) is 1. The molecule has 0 aliphatic carbocycles. The first-order valence-corrected chi connectivity index (χ1v) is 8.71. The Morgan fingerprint density at radius 1 is 1.03 bits per heavy atom. The molecule has 0 saturated heterocycles. The molecule has 0 aliphatic rings. The lowest BCUT2D eigenvalue weighted by Crippen LogP contribution is -2.33. The molecule has 2 aromatic carbocycles. The number of aromatic nitrogens is 4. The number of aryl methyl sites for hydroxylation is 2. The number of halogens is 4. The lowest BCUT2D eigenvalue weighted by molar-refractivity contribution is -0.253. The Kier molecular flexibility index (Phi) is 5.83. The number of hydrogen-bond acceptors (Lipinski definition) is 5. The summed E-state index contributed by atoms with van der Waals surface area (Å²) in [4.78, 5) is 0. The molecular formula is C19H19F4N5O. The zero-order valence-electron chi connectivity index (χ0n) is 15.9. The van der Waals surface area contributed by atoms with Crippen LogP contribution in [-0.4, -0.2) is 39.8 Å². The molecule has 1 atom stereocenters. The first-order chi connectivity index (χ1) is 13.7. The second kappa shape index (κ2) is 8.16. The molecule has 1 aromatic heterocycles. The van der Waals surface area contributed by atoms with E-state index in [1.54, 1.807) is 11.7 Å². The van der Waals surface area contributed by atoms with Gasteiger partial charge < -0.3 is 10.1 Å². The van der Waals surface area contributed by atoms with Gasteiger partial charge in [-0.3, -0.25) is 0 Å². The van der Waals surface area contributed by atoms with Gasteiger partial charge in [0.1, 0.15) is 5.75 Å². The van der Waals surface area contributed by atoms with Gasteiger partial charge in [0, 0.05) is 0 Å². The number of rotatable bonds is 7. The van der Waals surface area contributed by atoms with E-state index in [0.29, 0.717) is 11.4 Å². The van der Waals surface area contributed by atoms with Crippen LogP contribution in [0.2, 0.25) is 0 Å². The number of alkyl halides is 4. The number of tetrazole rings is 1. The molecule has 3 rings (SSSR count). The Morgan fingerprint density at radius 2 is 1.66 bits per heavy atom. The Labute approximate surface area is 164 Å². The van der Waals surface area contributed by atoms with Crippen molar-refractivity contribution in [3.63, 3.8) is 0 Å². The van der Waals surface area contributed by atoms with Crippen LogP contribution in [0.15, 0.2) is 42.5 Å². The largest absolute Gasteiger partial charge is 0.461 e. The van der Waals surface area contributed by atoms with Crippen molar-refractivity contribution in [3.8, 4) is 11.4 Å². The average molecular weight is 409 g/mol. The summed E-state index contributed by atoms with van der Waals surface area (Å²) in [6.45, 7) is 3.88. The van der Waals surface area contributed by atoms with Crippen molar-refractivity contribution >= 4 is 0 Å². The molecule has 0 bridgehead atoms. The standard InChI is InChI=1S/C19H19F4N5O/c1-11-5-4-6-12(2)16(11)28-17(25-26-27-28)15(24-3)13-7-9-14(10-8-13)29-19(22,23)18(20)21/h4-10,15,18,24H,1-3H3. The van der Waals surface area contributed by atoms with Crippen molar-refractivity contribution in [2.45, 2.75) is 32.4 Å². The maximum absolute atomic E-state index is 13.1. The Balaban J connectivity index is 1.93. The number of ether oxygens (including phenoxy) is 1. The van der Waals surface area contributed by atoms with Gasteiger partial charge in [-0.1, -0.05) is 30.3 Å². The molecule has 3 aromatic rings. The first-order valence-electron chi connectivity index (χ1n) is 8.71.